The van der Waals surface area contributed by atoms with Gasteiger partial charge in [-0.2, -0.15) is 5.48 Å². The van der Waals surface area contributed by atoms with E-state index in [1.54, 1.807) is 17.6 Å². The highest BCUT2D eigenvalue weighted by atomic mass is 16.5. The number of nitrogens with two attached hydrogens (primary N) is 3. The molecule has 256 valence electrons. The number of aromatic hydroxyl groups is 1. The van der Waals surface area contributed by atoms with Crippen LogP contribution in [-0.4, -0.2) is 105 Å². The van der Waals surface area contributed by atoms with Crippen molar-refractivity contribution < 1.29 is 39.4 Å². The second-order valence-corrected chi connectivity index (χ2v) is 11.9. The van der Waals surface area contributed by atoms with Crippen LogP contribution >= 0.6 is 0 Å². The Hall–Kier alpha value is -4.12. The van der Waals surface area contributed by atoms with Gasteiger partial charge in [-0.25, -0.2) is 0 Å². The molecule has 0 radical (unpaired) electrons. The summed E-state index contributed by atoms with van der Waals surface area (Å²) in [5.41, 5.74) is 19.0. The number of nitrogens with one attached hydrogen (secondary N) is 3. The summed E-state index contributed by atoms with van der Waals surface area (Å²) in [6.07, 6.45) is 0.0701. The molecule has 0 aliphatic carbocycles. The number of ketones is 2. The van der Waals surface area contributed by atoms with Crippen LogP contribution in [0.3, 0.4) is 0 Å². The SMILES string of the molecule is CC(C)CC(NC(=O)C1CCCN1C(=O)C(NO)C(C)O)C(=O)NC(Cc1ccc(O)cc1)C(=O)C(=O)C(N)CCCN=C(N)N. The topological polar surface area (TPSA) is 276 Å². The van der Waals surface area contributed by atoms with E-state index in [-0.39, 0.29) is 50.0 Å². The maximum Gasteiger partial charge on any atom is 0.245 e. The largest absolute Gasteiger partial charge is 0.508 e. The number of rotatable bonds is 18. The molecule has 1 aliphatic heterocycles. The van der Waals surface area contributed by atoms with Gasteiger partial charge in [0.15, 0.2) is 5.96 Å². The number of hydrogen-bond donors (Lipinski definition) is 9. The van der Waals surface area contributed by atoms with Gasteiger partial charge >= 0.3 is 0 Å². The Morgan fingerprint density at radius 1 is 1.02 bits per heavy atom. The normalized spacial score (nSPS) is 17.8. The third kappa shape index (κ3) is 11.3. The van der Waals surface area contributed by atoms with Crippen molar-refractivity contribution in [2.45, 2.75) is 95.6 Å². The predicted octanol–water partition coefficient (Wildman–Crippen LogP) is -1.81. The van der Waals surface area contributed by atoms with Gasteiger partial charge in [-0.15, -0.1) is 0 Å². The molecule has 12 N–H and O–H groups in total. The highest BCUT2D eigenvalue weighted by molar-refractivity contribution is 6.41. The summed E-state index contributed by atoms with van der Waals surface area (Å²) in [6.45, 7) is 5.41. The molecule has 2 rings (SSSR count). The summed E-state index contributed by atoms with van der Waals surface area (Å²) in [7, 11) is 0. The van der Waals surface area contributed by atoms with Crippen molar-refractivity contribution in [3.63, 3.8) is 0 Å². The van der Waals surface area contributed by atoms with Crippen LogP contribution in [0.4, 0.5) is 0 Å². The molecule has 1 saturated heterocycles. The predicted molar refractivity (Wildman–Crippen MR) is 168 cm³/mol. The van der Waals surface area contributed by atoms with Gasteiger partial charge in [-0.1, -0.05) is 26.0 Å². The monoisotopic (exact) mass is 648 g/mol. The van der Waals surface area contributed by atoms with Crippen LogP contribution in [0.1, 0.15) is 58.4 Å². The number of aliphatic hydroxyl groups excluding tert-OH is 1. The first kappa shape index (κ1) is 38.1. The van der Waals surface area contributed by atoms with Crippen molar-refractivity contribution >= 4 is 35.2 Å². The summed E-state index contributed by atoms with van der Waals surface area (Å²) in [5, 5.41) is 34.2. The fourth-order valence-electron chi connectivity index (χ4n) is 5.18. The van der Waals surface area contributed by atoms with Crippen molar-refractivity contribution in [3.8, 4) is 5.75 Å². The number of guanidine groups is 1. The Bertz CT molecular complexity index is 1240. The first-order valence-electron chi connectivity index (χ1n) is 15.3. The van der Waals surface area contributed by atoms with E-state index >= 15 is 0 Å². The van der Waals surface area contributed by atoms with Crippen molar-refractivity contribution in [1.82, 2.24) is 21.0 Å². The van der Waals surface area contributed by atoms with Crippen molar-refractivity contribution in [2.75, 3.05) is 13.1 Å². The number of phenolic OH excluding ortho intramolecular Hbond substituents is 1. The molecule has 3 amide bonds. The van der Waals surface area contributed by atoms with Gasteiger partial charge in [0.05, 0.1) is 18.2 Å². The lowest BCUT2D eigenvalue weighted by Gasteiger charge is -2.30. The molecule has 0 bridgehead atoms. The molecular formula is C30H48N8O8. The van der Waals surface area contributed by atoms with Crippen molar-refractivity contribution in [3.05, 3.63) is 29.8 Å². The highest BCUT2D eigenvalue weighted by Crippen LogP contribution is 2.20. The number of Topliss-reactive ketones (excluding diaryl/α,β-unsaturated/α-hetero) is 2. The lowest BCUT2D eigenvalue weighted by molar-refractivity contribution is -0.145. The highest BCUT2D eigenvalue weighted by Gasteiger charge is 2.40. The number of likely N-dealkylation sites (tertiary alicyclic amines) is 1. The average molecular weight is 649 g/mol. The van der Waals surface area contributed by atoms with Crippen LogP contribution in [-0.2, 0) is 30.4 Å². The van der Waals surface area contributed by atoms with Gasteiger partial charge in [-0.05, 0) is 62.6 Å². The van der Waals surface area contributed by atoms with Gasteiger partial charge in [0.1, 0.15) is 23.9 Å². The molecule has 1 heterocycles. The molecular weight excluding hydrogens is 600 g/mol. The van der Waals surface area contributed by atoms with E-state index in [4.69, 9.17) is 17.2 Å². The van der Waals surface area contributed by atoms with E-state index in [0.717, 1.165) is 0 Å². The van der Waals surface area contributed by atoms with Crippen molar-refractivity contribution in [2.24, 2.45) is 28.1 Å². The number of benzene rings is 1. The fraction of sp³-hybridized carbons (Fsp3) is 0.600. The first-order chi connectivity index (χ1) is 21.7. The lowest BCUT2D eigenvalue weighted by Crippen LogP contribution is -2.59. The zero-order valence-electron chi connectivity index (χ0n) is 26.5. The number of aliphatic hydroxyl groups is 1. The summed E-state index contributed by atoms with van der Waals surface area (Å²) >= 11 is 0. The fourth-order valence-corrected chi connectivity index (χ4v) is 5.18. The minimum atomic E-state index is -1.34. The molecule has 46 heavy (non-hydrogen) atoms. The maximum atomic E-state index is 13.7. The summed E-state index contributed by atoms with van der Waals surface area (Å²) in [6, 6.07) is -0.0510. The first-order valence-corrected chi connectivity index (χ1v) is 15.3. The standard InChI is InChI=1S/C30H48N8O8/c1-16(2)14-22(36-28(44)23-7-5-13-38(23)29(45)24(37-46)17(3)39)27(43)35-21(15-18-8-10-19(40)11-9-18)26(42)25(41)20(31)6-4-12-34-30(32)33/h8-11,16-17,20-24,37,39-40,46H,4-7,12-15,31H2,1-3H3,(H,35,43)(H,36,44)(H4,32,33,34). The third-order valence-electron chi connectivity index (χ3n) is 7.62. The van der Waals surface area contributed by atoms with Crippen LogP contribution in [0.5, 0.6) is 5.75 Å². The van der Waals surface area contributed by atoms with Gasteiger partial charge in [0, 0.05) is 19.5 Å². The summed E-state index contributed by atoms with van der Waals surface area (Å²) in [5.74, 6) is -4.05. The number of hydrogen-bond acceptors (Lipinski definition) is 11. The minimum Gasteiger partial charge on any atom is -0.508 e. The van der Waals surface area contributed by atoms with Crippen molar-refractivity contribution in [1.29, 1.82) is 0 Å². The molecule has 1 aromatic carbocycles. The molecule has 0 spiro atoms. The van der Waals surface area contributed by atoms with Gasteiger partial charge in [0.25, 0.3) is 0 Å². The Morgan fingerprint density at radius 3 is 2.24 bits per heavy atom. The smallest absolute Gasteiger partial charge is 0.245 e. The van der Waals surface area contributed by atoms with Crippen LogP contribution in [0.15, 0.2) is 29.3 Å². The zero-order valence-corrected chi connectivity index (χ0v) is 26.5. The van der Waals surface area contributed by atoms with Crippen LogP contribution < -0.4 is 33.3 Å². The lowest BCUT2D eigenvalue weighted by atomic mass is 9.94. The van der Waals surface area contributed by atoms with Gasteiger partial charge in [-0.3, -0.25) is 29.0 Å². The number of nitrogens with zero attached hydrogens (tertiary/aromatic N) is 2. The third-order valence-corrected chi connectivity index (χ3v) is 7.62. The summed E-state index contributed by atoms with van der Waals surface area (Å²) < 4.78 is 0. The number of carbonyl (C=O) groups is 5. The molecule has 1 fully saturated rings. The van der Waals surface area contributed by atoms with E-state index in [1.165, 1.54) is 24.0 Å². The molecule has 16 nitrogen and oxygen atoms in total. The number of carbonyl (C=O) groups excluding carboxylic acids is 5. The minimum absolute atomic E-state index is 0.0109. The van der Waals surface area contributed by atoms with Crippen LogP contribution in [0.25, 0.3) is 0 Å². The van der Waals surface area contributed by atoms with Crippen LogP contribution in [0, 0.1) is 5.92 Å². The number of amides is 3. The average Bonchev–Trinajstić information content (AvgIpc) is 3.49. The Morgan fingerprint density at radius 2 is 1.67 bits per heavy atom. The van der Waals surface area contributed by atoms with Gasteiger partial charge < -0.3 is 48.2 Å². The summed E-state index contributed by atoms with van der Waals surface area (Å²) in [4.78, 5) is 71.6. The van der Waals surface area contributed by atoms with E-state index < -0.39 is 65.6 Å². The number of aliphatic imine (C=N–C) groups is 1. The van der Waals surface area contributed by atoms with Crippen LogP contribution in [0.2, 0.25) is 0 Å². The molecule has 6 atom stereocenters. The molecule has 0 aromatic heterocycles. The van der Waals surface area contributed by atoms with E-state index in [2.05, 4.69) is 15.6 Å². The quantitative estimate of drug-likeness (QED) is 0.0280. The number of hydroxylamine groups is 1. The Labute approximate surface area is 268 Å². The Balaban J connectivity index is 2.26. The van der Waals surface area contributed by atoms with E-state index in [0.29, 0.717) is 24.8 Å². The Kier molecular flexibility index (Phi) is 15.0. The molecule has 0 saturated carbocycles. The van der Waals surface area contributed by atoms with E-state index in [1.807, 2.05) is 13.8 Å². The van der Waals surface area contributed by atoms with Gasteiger partial charge in [0.2, 0.25) is 29.3 Å². The number of phenols is 1. The maximum absolute atomic E-state index is 13.7. The second kappa shape index (κ2) is 18.1. The molecule has 1 aromatic rings. The van der Waals surface area contributed by atoms with E-state index in [9.17, 15) is 39.4 Å². The second-order valence-electron chi connectivity index (χ2n) is 11.9. The molecule has 6 unspecified atom stereocenters. The zero-order chi connectivity index (χ0) is 34.6. The molecule has 1 aliphatic rings. The molecule has 16 heteroatoms.